The molecule has 0 aromatic heterocycles. The van der Waals surface area contributed by atoms with Crippen molar-refractivity contribution < 1.29 is 9.18 Å². The highest BCUT2D eigenvalue weighted by Crippen LogP contribution is 2.12. The van der Waals surface area contributed by atoms with Crippen LogP contribution in [-0.4, -0.2) is 11.9 Å². The lowest BCUT2D eigenvalue weighted by Gasteiger charge is -2.11. The molecule has 1 aromatic carbocycles. The van der Waals surface area contributed by atoms with Crippen LogP contribution in [0, 0.1) is 18.2 Å². The molecule has 84 valence electrons. The molecule has 0 saturated heterocycles. The van der Waals surface area contributed by atoms with Crippen molar-refractivity contribution in [1.82, 2.24) is 5.32 Å². The number of anilines is 1. The first-order valence-corrected chi connectivity index (χ1v) is 4.90. The van der Waals surface area contributed by atoms with Gasteiger partial charge in [0.2, 0.25) is 0 Å². The van der Waals surface area contributed by atoms with Crippen molar-refractivity contribution in [3.05, 3.63) is 29.6 Å². The van der Waals surface area contributed by atoms with Gasteiger partial charge in [-0.25, -0.2) is 4.39 Å². The largest absolute Gasteiger partial charge is 0.399 e. The van der Waals surface area contributed by atoms with Crippen LogP contribution < -0.4 is 11.1 Å². The lowest BCUT2D eigenvalue weighted by Crippen LogP contribution is -2.33. The Bertz CT molecular complexity index is 437. The van der Waals surface area contributed by atoms with E-state index in [-0.39, 0.29) is 5.56 Å². The van der Waals surface area contributed by atoms with Crippen LogP contribution in [0.25, 0.3) is 0 Å². The zero-order chi connectivity index (χ0) is 12.1. The van der Waals surface area contributed by atoms with Crippen molar-refractivity contribution in [2.75, 3.05) is 5.73 Å². The van der Waals surface area contributed by atoms with Gasteiger partial charge >= 0.3 is 0 Å². The van der Waals surface area contributed by atoms with E-state index < -0.39 is 17.8 Å². The first kappa shape index (κ1) is 12.1. The van der Waals surface area contributed by atoms with E-state index in [0.29, 0.717) is 12.1 Å². The quantitative estimate of drug-likeness (QED) is 0.599. The molecule has 0 spiro atoms. The van der Waals surface area contributed by atoms with Gasteiger partial charge in [0.05, 0.1) is 11.6 Å². The zero-order valence-corrected chi connectivity index (χ0v) is 8.96. The van der Waals surface area contributed by atoms with Crippen LogP contribution in [0.4, 0.5) is 10.1 Å². The Morgan fingerprint density at radius 1 is 1.69 bits per heavy atom. The molecule has 3 nitrogen and oxygen atoms in total. The number of rotatable bonds is 3. The third kappa shape index (κ3) is 2.74. The maximum atomic E-state index is 13.3. The SMILES string of the molecule is C#CC(CC)NC(=O)c1cc(N)ccc1F. The Morgan fingerprint density at radius 2 is 2.38 bits per heavy atom. The molecule has 0 aliphatic carbocycles. The van der Waals surface area contributed by atoms with Crippen LogP contribution in [0.15, 0.2) is 18.2 Å². The van der Waals surface area contributed by atoms with E-state index >= 15 is 0 Å². The molecule has 0 radical (unpaired) electrons. The first-order valence-electron chi connectivity index (χ1n) is 4.90. The summed E-state index contributed by atoms with van der Waals surface area (Å²) in [4.78, 5) is 11.6. The number of benzene rings is 1. The average molecular weight is 220 g/mol. The van der Waals surface area contributed by atoms with Gasteiger partial charge in [0.1, 0.15) is 5.82 Å². The molecule has 1 rings (SSSR count). The van der Waals surface area contributed by atoms with Crippen molar-refractivity contribution in [2.24, 2.45) is 0 Å². The molecule has 0 aliphatic heterocycles. The predicted octanol–water partition coefficient (Wildman–Crippen LogP) is 1.55. The molecule has 0 heterocycles. The lowest BCUT2D eigenvalue weighted by molar-refractivity contribution is 0.0941. The van der Waals surface area contributed by atoms with E-state index in [1.807, 2.05) is 6.92 Å². The molecular weight excluding hydrogens is 207 g/mol. The van der Waals surface area contributed by atoms with Crippen molar-refractivity contribution in [2.45, 2.75) is 19.4 Å². The number of nitrogens with two attached hydrogens (primary N) is 1. The van der Waals surface area contributed by atoms with E-state index in [1.165, 1.54) is 12.1 Å². The van der Waals surface area contributed by atoms with Crippen LogP contribution in [0.3, 0.4) is 0 Å². The third-order valence-corrected chi connectivity index (χ3v) is 2.15. The number of halogens is 1. The van der Waals surface area contributed by atoms with Crippen LogP contribution >= 0.6 is 0 Å². The lowest BCUT2D eigenvalue weighted by atomic mass is 10.1. The standard InChI is InChI=1S/C12H13FN2O/c1-3-9(4-2)15-12(16)10-7-8(14)5-6-11(10)13/h1,5-7,9H,4,14H2,2H3,(H,15,16). The fraction of sp³-hybridized carbons (Fsp3) is 0.250. The number of nitrogens with one attached hydrogen (secondary N) is 1. The average Bonchev–Trinajstić information content (AvgIpc) is 2.28. The number of carbonyl (C=O) groups is 1. The Morgan fingerprint density at radius 3 is 2.94 bits per heavy atom. The normalized spacial score (nSPS) is 11.6. The number of nitrogen functional groups attached to an aromatic ring is 1. The molecule has 0 fully saturated rings. The van der Waals surface area contributed by atoms with Gasteiger partial charge in [-0.1, -0.05) is 12.8 Å². The summed E-state index contributed by atoms with van der Waals surface area (Å²) in [6.07, 6.45) is 5.78. The molecule has 0 saturated carbocycles. The fourth-order valence-corrected chi connectivity index (χ4v) is 1.21. The summed E-state index contributed by atoms with van der Waals surface area (Å²) in [6.45, 7) is 1.83. The van der Waals surface area contributed by atoms with Gasteiger partial charge in [-0.05, 0) is 24.6 Å². The summed E-state index contributed by atoms with van der Waals surface area (Å²) in [5.74, 6) is 1.24. The van der Waals surface area contributed by atoms with E-state index in [2.05, 4.69) is 11.2 Å². The second kappa shape index (κ2) is 5.17. The predicted molar refractivity (Wildman–Crippen MR) is 61.2 cm³/mol. The summed E-state index contributed by atoms with van der Waals surface area (Å²) in [5.41, 5.74) is 5.72. The highest BCUT2D eigenvalue weighted by Gasteiger charge is 2.14. The second-order valence-electron chi connectivity index (χ2n) is 3.34. The Kier molecular flexibility index (Phi) is 3.90. The molecule has 4 heteroatoms. The Balaban J connectivity index is 2.89. The third-order valence-electron chi connectivity index (χ3n) is 2.15. The summed E-state index contributed by atoms with van der Waals surface area (Å²) >= 11 is 0. The molecular formula is C12H13FN2O. The molecule has 1 unspecified atom stereocenters. The number of hydrogen-bond acceptors (Lipinski definition) is 2. The monoisotopic (exact) mass is 220 g/mol. The van der Waals surface area contributed by atoms with Gasteiger partial charge in [-0.2, -0.15) is 0 Å². The van der Waals surface area contributed by atoms with Crippen molar-refractivity contribution in [3.8, 4) is 12.3 Å². The topological polar surface area (TPSA) is 55.1 Å². The van der Waals surface area contributed by atoms with Gasteiger partial charge in [-0.15, -0.1) is 6.42 Å². The number of hydrogen-bond donors (Lipinski definition) is 2. The van der Waals surface area contributed by atoms with Gasteiger partial charge < -0.3 is 11.1 Å². The Labute approximate surface area is 93.8 Å². The Hall–Kier alpha value is -2.02. The van der Waals surface area contributed by atoms with Crippen LogP contribution in [-0.2, 0) is 0 Å². The zero-order valence-electron chi connectivity index (χ0n) is 8.96. The number of amides is 1. The summed E-state index contributed by atoms with van der Waals surface area (Å²) in [7, 11) is 0. The summed E-state index contributed by atoms with van der Waals surface area (Å²) in [6, 6.07) is 3.44. The van der Waals surface area contributed by atoms with Crippen molar-refractivity contribution in [3.63, 3.8) is 0 Å². The summed E-state index contributed by atoms with van der Waals surface area (Å²) in [5, 5.41) is 2.53. The molecule has 16 heavy (non-hydrogen) atoms. The van der Waals surface area contributed by atoms with E-state index in [4.69, 9.17) is 12.2 Å². The van der Waals surface area contributed by atoms with Gasteiger partial charge in [0.25, 0.3) is 5.91 Å². The molecule has 1 aromatic rings. The minimum Gasteiger partial charge on any atom is -0.399 e. The number of terminal acetylenes is 1. The van der Waals surface area contributed by atoms with E-state index in [9.17, 15) is 9.18 Å². The highest BCUT2D eigenvalue weighted by atomic mass is 19.1. The van der Waals surface area contributed by atoms with E-state index in [0.717, 1.165) is 6.07 Å². The molecule has 0 aliphatic rings. The second-order valence-corrected chi connectivity index (χ2v) is 3.34. The highest BCUT2D eigenvalue weighted by molar-refractivity contribution is 5.95. The van der Waals surface area contributed by atoms with Crippen LogP contribution in [0.5, 0.6) is 0 Å². The molecule has 1 atom stereocenters. The number of carbonyl (C=O) groups excluding carboxylic acids is 1. The first-order chi connectivity index (χ1) is 7.58. The smallest absolute Gasteiger partial charge is 0.255 e. The maximum absolute atomic E-state index is 13.3. The van der Waals surface area contributed by atoms with Crippen molar-refractivity contribution >= 4 is 11.6 Å². The van der Waals surface area contributed by atoms with Gasteiger partial charge in [-0.3, -0.25) is 4.79 Å². The van der Waals surface area contributed by atoms with Crippen LogP contribution in [0.1, 0.15) is 23.7 Å². The fourth-order valence-electron chi connectivity index (χ4n) is 1.21. The van der Waals surface area contributed by atoms with Crippen LogP contribution in [0.2, 0.25) is 0 Å². The minimum absolute atomic E-state index is 0.0892. The van der Waals surface area contributed by atoms with Gasteiger partial charge in [0, 0.05) is 5.69 Å². The minimum atomic E-state index is -0.612. The van der Waals surface area contributed by atoms with E-state index in [1.54, 1.807) is 0 Å². The van der Waals surface area contributed by atoms with Crippen molar-refractivity contribution in [1.29, 1.82) is 0 Å². The maximum Gasteiger partial charge on any atom is 0.255 e. The van der Waals surface area contributed by atoms with Gasteiger partial charge in [0.15, 0.2) is 0 Å². The molecule has 3 N–H and O–H groups in total. The molecule has 0 bridgehead atoms. The summed E-state index contributed by atoms with van der Waals surface area (Å²) < 4.78 is 13.3. The molecule has 1 amide bonds.